The lowest BCUT2D eigenvalue weighted by molar-refractivity contribution is 0.691. The van der Waals surface area contributed by atoms with Crippen molar-refractivity contribution in [3.05, 3.63) is 46.5 Å². The van der Waals surface area contributed by atoms with Gasteiger partial charge in [-0.2, -0.15) is 5.10 Å². The lowest BCUT2D eigenvalue weighted by Crippen LogP contribution is -2.08. The minimum absolute atomic E-state index is 0.586. The predicted octanol–water partition coefficient (Wildman–Crippen LogP) is 1.56. The zero-order valence-corrected chi connectivity index (χ0v) is 10.5. The van der Waals surface area contributed by atoms with Crippen molar-refractivity contribution in [1.82, 2.24) is 14.8 Å². The number of nitrogens with two attached hydrogens (primary N) is 1. The van der Waals surface area contributed by atoms with E-state index >= 15 is 0 Å². The van der Waals surface area contributed by atoms with Crippen molar-refractivity contribution in [2.45, 2.75) is 12.8 Å². The van der Waals surface area contributed by atoms with Crippen LogP contribution in [0.5, 0.6) is 0 Å². The van der Waals surface area contributed by atoms with Crippen molar-refractivity contribution in [2.75, 3.05) is 6.54 Å². The van der Waals surface area contributed by atoms with Crippen molar-refractivity contribution in [3.8, 4) is 0 Å². The molecule has 0 unspecified atom stereocenters. The highest BCUT2D eigenvalue weighted by atomic mass is 35.5. The highest BCUT2D eigenvalue weighted by molar-refractivity contribution is 6.30. The highest BCUT2D eigenvalue weighted by Crippen LogP contribution is 2.13. The quantitative estimate of drug-likeness (QED) is 0.896. The Morgan fingerprint density at radius 1 is 1.41 bits per heavy atom. The van der Waals surface area contributed by atoms with E-state index in [2.05, 4.69) is 10.1 Å². The molecule has 0 fully saturated rings. The second-order valence-corrected chi connectivity index (χ2v) is 4.35. The van der Waals surface area contributed by atoms with E-state index in [9.17, 15) is 0 Å². The van der Waals surface area contributed by atoms with Crippen LogP contribution in [0.2, 0.25) is 5.02 Å². The molecular formula is C12H15ClN4. The Bertz CT molecular complexity index is 507. The van der Waals surface area contributed by atoms with Gasteiger partial charge in [-0.25, -0.2) is 4.98 Å². The second kappa shape index (κ2) is 5.29. The molecule has 0 amide bonds. The van der Waals surface area contributed by atoms with Crippen LogP contribution in [-0.4, -0.2) is 21.3 Å². The molecule has 5 heteroatoms. The van der Waals surface area contributed by atoms with Crippen LogP contribution in [0.4, 0.5) is 0 Å². The summed E-state index contributed by atoms with van der Waals surface area (Å²) in [5.74, 6) is 1.72. The van der Waals surface area contributed by atoms with E-state index in [0.717, 1.165) is 28.7 Å². The molecule has 2 N–H and O–H groups in total. The third-order valence-electron chi connectivity index (χ3n) is 2.52. The second-order valence-electron chi connectivity index (χ2n) is 3.91. The van der Waals surface area contributed by atoms with E-state index in [-0.39, 0.29) is 0 Å². The summed E-state index contributed by atoms with van der Waals surface area (Å²) < 4.78 is 1.78. The van der Waals surface area contributed by atoms with Crippen molar-refractivity contribution in [3.63, 3.8) is 0 Å². The molecule has 0 saturated heterocycles. The molecule has 0 aliphatic carbocycles. The third-order valence-corrected chi connectivity index (χ3v) is 2.75. The first-order valence-electron chi connectivity index (χ1n) is 5.52. The van der Waals surface area contributed by atoms with Gasteiger partial charge in [0, 0.05) is 24.9 Å². The van der Waals surface area contributed by atoms with Gasteiger partial charge in [0.15, 0.2) is 5.82 Å². The molecule has 17 heavy (non-hydrogen) atoms. The number of hydrogen-bond donors (Lipinski definition) is 1. The first-order chi connectivity index (χ1) is 8.19. The third kappa shape index (κ3) is 3.05. The van der Waals surface area contributed by atoms with Gasteiger partial charge < -0.3 is 5.73 Å². The number of aromatic nitrogens is 3. The molecule has 0 aliphatic heterocycles. The van der Waals surface area contributed by atoms with E-state index in [1.165, 1.54) is 0 Å². The minimum Gasteiger partial charge on any atom is -0.330 e. The van der Waals surface area contributed by atoms with Crippen molar-refractivity contribution >= 4 is 11.6 Å². The van der Waals surface area contributed by atoms with Gasteiger partial charge in [0.05, 0.1) is 0 Å². The Kier molecular flexibility index (Phi) is 3.76. The Balaban J connectivity index is 2.16. The summed E-state index contributed by atoms with van der Waals surface area (Å²) in [7, 11) is 1.89. The van der Waals surface area contributed by atoms with Gasteiger partial charge in [0.2, 0.25) is 0 Å². The van der Waals surface area contributed by atoms with Crippen LogP contribution >= 0.6 is 11.6 Å². The Hall–Kier alpha value is -1.39. The summed E-state index contributed by atoms with van der Waals surface area (Å²) in [6, 6.07) is 7.74. The Labute approximate surface area is 105 Å². The maximum atomic E-state index is 5.93. The topological polar surface area (TPSA) is 56.7 Å². The normalized spacial score (nSPS) is 10.8. The molecule has 1 heterocycles. The standard InChI is InChI=1S/C12H15ClN4/c1-17-12(5-6-14)15-11(16-17)8-9-3-2-4-10(13)7-9/h2-4,7H,5-6,8,14H2,1H3. The van der Waals surface area contributed by atoms with Gasteiger partial charge >= 0.3 is 0 Å². The average molecular weight is 251 g/mol. The summed E-state index contributed by atoms with van der Waals surface area (Å²) in [6.07, 6.45) is 1.44. The zero-order chi connectivity index (χ0) is 12.3. The van der Waals surface area contributed by atoms with E-state index in [1.54, 1.807) is 4.68 Å². The fourth-order valence-electron chi connectivity index (χ4n) is 1.73. The molecule has 90 valence electrons. The number of rotatable bonds is 4. The number of halogens is 1. The van der Waals surface area contributed by atoms with Crippen molar-refractivity contribution in [2.24, 2.45) is 12.8 Å². The molecule has 2 rings (SSSR count). The molecule has 0 bridgehead atoms. The molecule has 0 atom stereocenters. The van der Waals surface area contributed by atoms with Crippen LogP contribution in [0.15, 0.2) is 24.3 Å². The minimum atomic E-state index is 0.586. The van der Waals surface area contributed by atoms with Crippen LogP contribution in [-0.2, 0) is 19.9 Å². The van der Waals surface area contributed by atoms with Crippen LogP contribution in [0.25, 0.3) is 0 Å². The van der Waals surface area contributed by atoms with Gasteiger partial charge in [0.1, 0.15) is 5.82 Å². The SMILES string of the molecule is Cn1nc(Cc2cccc(Cl)c2)nc1CCN. The highest BCUT2D eigenvalue weighted by Gasteiger charge is 2.07. The van der Waals surface area contributed by atoms with Crippen LogP contribution in [0.3, 0.4) is 0 Å². The van der Waals surface area contributed by atoms with E-state index < -0.39 is 0 Å². The maximum Gasteiger partial charge on any atom is 0.155 e. The number of hydrogen-bond acceptors (Lipinski definition) is 3. The smallest absolute Gasteiger partial charge is 0.155 e. The van der Waals surface area contributed by atoms with Crippen molar-refractivity contribution in [1.29, 1.82) is 0 Å². The van der Waals surface area contributed by atoms with Gasteiger partial charge in [-0.3, -0.25) is 4.68 Å². The molecule has 0 aliphatic rings. The van der Waals surface area contributed by atoms with Gasteiger partial charge in [-0.05, 0) is 24.2 Å². The van der Waals surface area contributed by atoms with E-state index in [4.69, 9.17) is 17.3 Å². The molecule has 4 nitrogen and oxygen atoms in total. The predicted molar refractivity (Wildman–Crippen MR) is 68.0 cm³/mol. The van der Waals surface area contributed by atoms with Crippen LogP contribution in [0.1, 0.15) is 17.2 Å². The fourth-order valence-corrected chi connectivity index (χ4v) is 1.94. The summed E-state index contributed by atoms with van der Waals surface area (Å²) >= 11 is 5.93. The number of nitrogens with zero attached hydrogens (tertiary/aromatic N) is 3. The first-order valence-corrected chi connectivity index (χ1v) is 5.90. The summed E-state index contributed by atoms with van der Waals surface area (Å²) in [5.41, 5.74) is 6.63. The van der Waals surface area contributed by atoms with Gasteiger partial charge in [-0.15, -0.1) is 0 Å². The molecular weight excluding hydrogens is 236 g/mol. The molecule has 0 spiro atoms. The Morgan fingerprint density at radius 3 is 2.94 bits per heavy atom. The number of benzene rings is 1. The molecule has 1 aromatic carbocycles. The zero-order valence-electron chi connectivity index (χ0n) is 9.73. The lowest BCUT2D eigenvalue weighted by Gasteiger charge is -1.97. The molecule has 0 radical (unpaired) electrons. The largest absolute Gasteiger partial charge is 0.330 e. The average Bonchev–Trinajstić information content (AvgIpc) is 2.60. The number of aryl methyl sites for hydroxylation is 1. The maximum absolute atomic E-state index is 5.93. The molecule has 0 saturated carbocycles. The lowest BCUT2D eigenvalue weighted by atomic mass is 10.1. The summed E-state index contributed by atoms with van der Waals surface area (Å²) in [6.45, 7) is 0.586. The van der Waals surface area contributed by atoms with E-state index in [1.807, 2.05) is 31.3 Å². The van der Waals surface area contributed by atoms with Crippen LogP contribution < -0.4 is 5.73 Å². The Morgan fingerprint density at radius 2 is 2.24 bits per heavy atom. The van der Waals surface area contributed by atoms with Gasteiger partial charge in [-0.1, -0.05) is 23.7 Å². The molecule has 2 aromatic rings. The summed E-state index contributed by atoms with van der Waals surface area (Å²) in [4.78, 5) is 4.45. The summed E-state index contributed by atoms with van der Waals surface area (Å²) in [5, 5.41) is 5.10. The molecule has 1 aromatic heterocycles. The first kappa shape index (κ1) is 12.1. The van der Waals surface area contributed by atoms with E-state index in [0.29, 0.717) is 13.0 Å². The van der Waals surface area contributed by atoms with Gasteiger partial charge in [0.25, 0.3) is 0 Å². The monoisotopic (exact) mass is 250 g/mol. The van der Waals surface area contributed by atoms with Crippen LogP contribution in [0, 0.1) is 0 Å². The van der Waals surface area contributed by atoms with Crippen molar-refractivity contribution < 1.29 is 0 Å². The fraction of sp³-hybridized carbons (Fsp3) is 0.333.